The van der Waals surface area contributed by atoms with E-state index in [1.54, 1.807) is 12.1 Å². The Labute approximate surface area is 485 Å². The van der Waals surface area contributed by atoms with Gasteiger partial charge in [-0.05, 0) is 164 Å². The van der Waals surface area contributed by atoms with Crippen molar-refractivity contribution in [2.75, 3.05) is 9.80 Å². The molecule has 2 saturated carbocycles. The second-order valence-electron chi connectivity index (χ2n) is 24.9. The van der Waals surface area contributed by atoms with E-state index in [9.17, 15) is 8.78 Å². The third-order valence-electron chi connectivity index (χ3n) is 21.2. The lowest BCUT2D eigenvalue weighted by Gasteiger charge is -2.50. The minimum atomic E-state index is -2.20. The van der Waals surface area contributed by atoms with E-state index in [1.165, 1.54) is 9.80 Å². The van der Waals surface area contributed by atoms with Crippen molar-refractivity contribution < 1.29 is 43.9 Å². The van der Waals surface area contributed by atoms with E-state index < -0.39 is 96.9 Å². The van der Waals surface area contributed by atoms with Gasteiger partial charge in [0.15, 0.2) is 46.5 Å². The van der Waals surface area contributed by atoms with Gasteiger partial charge in [0.1, 0.15) is 11.4 Å². The quantitative estimate of drug-likeness (QED) is 0.0709. The van der Waals surface area contributed by atoms with Gasteiger partial charge in [-0.25, -0.2) is 43.9 Å². The van der Waals surface area contributed by atoms with Crippen molar-refractivity contribution in [3.63, 3.8) is 0 Å². The monoisotopic (exact) mass is 1150 g/mol. The largest absolute Gasteiger partial charge is 0.329 e. The van der Waals surface area contributed by atoms with Crippen molar-refractivity contribution in [2.24, 2.45) is 0 Å². The molecule has 2 aliphatic heterocycles. The van der Waals surface area contributed by atoms with E-state index in [0.717, 1.165) is 101 Å². The Bertz CT molecular complexity index is 4450. The van der Waals surface area contributed by atoms with Gasteiger partial charge in [-0.2, -0.15) is 0 Å². The SMILES string of the molecule is CC12CCCCC1(C)N(c1c(F)c(F)c(F)c(F)c1F)c1ccc(-c3ccc4c(c3)C(c3ccccc3)(c3ccccc3)c3c-4c4ccccc4c4cc(-c5ccc6c(c5)C5(C)CCCCC5(C)N6c5c(F)c(F)c(F)c(F)c5F)ccc34)cc12. The molecule has 2 fully saturated rings. The summed E-state index contributed by atoms with van der Waals surface area (Å²) in [6.45, 7) is 7.80. The van der Waals surface area contributed by atoms with Gasteiger partial charge in [0.25, 0.3) is 0 Å². The molecule has 10 aromatic carbocycles. The van der Waals surface area contributed by atoms with Gasteiger partial charge in [0.05, 0.1) is 16.5 Å². The van der Waals surface area contributed by atoms with Crippen LogP contribution in [0.5, 0.6) is 0 Å². The molecular weight excluding hydrogens is 1090 g/mol. The highest BCUT2D eigenvalue weighted by Gasteiger charge is 2.61. The summed E-state index contributed by atoms with van der Waals surface area (Å²) in [5, 5.41) is 3.96. The molecule has 0 radical (unpaired) electrons. The summed E-state index contributed by atoms with van der Waals surface area (Å²) in [6.07, 6.45) is 5.16. The normalized spacial score (nSPS) is 22.6. The summed E-state index contributed by atoms with van der Waals surface area (Å²) in [5.74, 6) is -19.8. The molecule has 15 rings (SSSR count). The lowest BCUT2D eigenvalue weighted by Crippen LogP contribution is -2.55. The lowest BCUT2D eigenvalue weighted by molar-refractivity contribution is 0.192. The molecule has 2 nitrogen and oxygen atoms in total. The van der Waals surface area contributed by atoms with Gasteiger partial charge in [-0.3, -0.25) is 0 Å². The number of hydrogen-bond donors (Lipinski definition) is 0. The smallest absolute Gasteiger partial charge is 0.200 e. The van der Waals surface area contributed by atoms with Crippen LogP contribution in [0.1, 0.15) is 112 Å². The third kappa shape index (κ3) is 6.74. The fourth-order valence-corrected chi connectivity index (χ4v) is 16.7. The van der Waals surface area contributed by atoms with Gasteiger partial charge in [-0.15, -0.1) is 0 Å². The Balaban J connectivity index is 0.936. The topological polar surface area (TPSA) is 6.48 Å². The Morgan fingerprint density at radius 1 is 0.329 bits per heavy atom. The van der Waals surface area contributed by atoms with Crippen LogP contribution in [-0.4, -0.2) is 11.1 Å². The number of hydrogen-bond acceptors (Lipinski definition) is 2. The van der Waals surface area contributed by atoms with Crippen molar-refractivity contribution >= 4 is 44.3 Å². The molecule has 0 N–H and O–H groups in total. The molecule has 0 bridgehead atoms. The molecule has 0 saturated heterocycles. The zero-order valence-corrected chi connectivity index (χ0v) is 46.8. The lowest BCUT2D eigenvalue weighted by atomic mass is 9.61. The second-order valence-corrected chi connectivity index (χ2v) is 24.9. The molecule has 0 aromatic heterocycles. The Morgan fingerprint density at radius 2 is 0.706 bits per heavy atom. The van der Waals surface area contributed by atoms with Crippen LogP contribution in [0.4, 0.5) is 66.7 Å². The fourth-order valence-electron chi connectivity index (χ4n) is 16.7. The van der Waals surface area contributed by atoms with Crippen molar-refractivity contribution in [2.45, 2.75) is 106 Å². The summed E-state index contributed by atoms with van der Waals surface area (Å²) >= 11 is 0. The molecule has 12 heteroatoms. The predicted octanol–water partition coefficient (Wildman–Crippen LogP) is 20.6. The van der Waals surface area contributed by atoms with Gasteiger partial charge in [0.2, 0.25) is 11.6 Å². The van der Waals surface area contributed by atoms with Crippen LogP contribution < -0.4 is 9.80 Å². The molecular formula is C73H54F10N2. The summed E-state index contributed by atoms with van der Waals surface area (Å²) < 4.78 is 154. The van der Waals surface area contributed by atoms with Crippen LogP contribution >= 0.6 is 0 Å². The number of fused-ring (bicyclic) bond motifs is 14. The van der Waals surface area contributed by atoms with Crippen molar-refractivity contribution in [1.29, 1.82) is 0 Å². The summed E-state index contributed by atoms with van der Waals surface area (Å²) in [6, 6.07) is 53.4. The molecule has 0 amide bonds. The molecule has 3 aliphatic carbocycles. The van der Waals surface area contributed by atoms with Crippen molar-refractivity contribution in [1.82, 2.24) is 0 Å². The van der Waals surface area contributed by atoms with Crippen LogP contribution in [-0.2, 0) is 16.2 Å². The first-order valence-corrected chi connectivity index (χ1v) is 29.0. The first kappa shape index (κ1) is 53.4. The van der Waals surface area contributed by atoms with Crippen LogP contribution in [0.15, 0.2) is 158 Å². The number of anilines is 4. The standard InChI is InChI=1S/C73H54F10N2/c1-69-31-13-15-33-71(69,3)84(67-63(80)59(76)57(74)60(77)64(67)81)53-29-25-41(37-51(53)69)39-23-27-47-49(35-39)45-21-11-12-22-46(45)55-48-28-24-40(36-50(48)73(56(47)55,43-17-7-5-8-18-43)44-19-9-6-10-20-44)42-26-30-54-52(38-42)70(2)32-14-16-34-72(70,4)85(54)68-65(82)61(78)58(75)62(79)66(68)83/h5-12,17-30,35-38H,13-16,31-34H2,1-4H3. The molecule has 2 heterocycles. The molecule has 0 spiro atoms. The maximum atomic E-state index is 16.0. The first-order valence-electron chi connectivity index (χ1n) is 29.0. The highest BCUT2D eigenvalue weighted by Crippen LogP contribution is 2.66. The zero-order valence-electron chi connectivity index (χ0n) is 46.8. The summed E-state index contributed by atoms with van der Waals surface area (Å²) in [5.41, 5.74) is 5.39. The maximum absolute atomic E-state index is 16.0. The average Bonchev–Trinajstić information content (AvgIpc) is 1.61. The van der Waals surface area contributed by atoms with Gasteiger partial charge in [0, 0.05) is 22.2 Å². The van der Waals surface area contributed by atoms with Gasteiger partial charge >= 0.3 is 0 Å². The maximum Gasteiger partial charge on any atom is 0.200 e. The number of benzene rings is 10. The minimum absolute atomic E-state index is 0.389. The van der Waals surface area contributed by atoms with Crippen LogP contribution in [0.2, 0.25) is 0 Å². The van der Waals surface area contributed by atoms with E-state index in [4.69, 9.17) is 0 Å². The van der Waals surface area contributed by atoms with Gasteiger partial charge in [-0.1, -0.05) is 161 Å². The van der Waals surface area contributed by atoms with E-state index in [1.807, 2.05) is 100 Å². The molecule has 426 valence electrons. The first-order chi connectivity index (χ1) is 40.8. The number of rotatable bonds is 6. The van der Waals surface area contributed by atoms with E-state index >= 15 is 35.1 Å². The van der Waals surface area contributed by atoms with Crippen LogP contribution in [0.3, 0.4) is 0 Å². The van der Waals surface area contributed by atoms with Crippen molar-refractivity contribution in [3.05, 3.63) is 249 Å². The van der Waals surface area contributed by atoms with E-state index in [-0.39, 0.29) is 0 Å². The molecule has 4 unspecified atom stereocenters. The minimum Gasteiger partial charge on any atom is -0.329 e. The van der Waals surface area contributed by atoms with Crippen LogP contribution in [0.25, 0.3) is 54.9 Å². The Morgan fingerprint density at radius 3 is 1.18 bits per heavy atom. The van der Waals surface area contributed by atoms with Crippen molar-refractivity contribution in [3.8, 4) is 33.4 Å². The molecule has 4 atom stereocenters. The second kappa shape index (κ2) is 18.3. The zero-order chi connectivity index (χ0) is 59.0. The highest BCUT2D eigenvalue weighted by atomic mass is 19.2. The Kier molecular flexibility index (Phi) is 11.5. The predicted molar refractivity (Wildman–Crippen MR) is 315 cm³/mol. The summed E-state index contributed by atoms with van der Waals surface area (Å²) in [4.78, 5) is 2.74. The van der Waals surface area contributed by atoms with Crippen LogP contribution in [0, 0.1) is 58.2 Å². The summed E-state index contributed by atoms with van der Waals surface area (Å²) in [7, 11) is 0. The number of nitrogens with zero attached hydrogens (tertiary/aromatic N) is 2. The Hall–Kier alpha value is -8.38. The average molecular weight is 1150 g/mol. The molecule has 10 aromatic rings. The molecule has 5 aliphatic rings. The van der Waals surface area contributed by atoms with E-state index in [0.29, 0.717) is 49.9 Å². The molecule has 85 heavy (non-hydrogen) atoms. The number of halogens is 10. The highest BCUT2D eigenvalue weighted by molar-refractivity contribution is 6.20. The third-order valence-corrected chi connectivity index (χ3v) is 21.2. The van der Waals surface area contributed by atoms with E-state index in [2.05, 4.69) is 72.8 Å². The fraction of sp³-hybridized carbons (Fsp3) is 0.233. The van der Waals surface area contributed by atoms with Gasteiger partial charge < -0.3 is 9.80 Å².